The molecule has 0 aromatic heterocycles. The Morgan fingerprint density at radius 3 is 3.00 bits per heavy atom. The Hall–Kier alpha value is -0.870. The molecule has 4 heteroatoms. The van der Waals surface area contributed by atoms with Crippen LogP contribution < -0.4 is 5.32 Å². The molecule has 1 saturated heterocycles. The summed E-state index contributed by atoms with van der Waals surface area (Å²) in [5.74, 6) is -0.313. The number of nitrogens with one attached hydrogen (secondary N) is 1. The van der Waals surface area contributed by atoms with Gasteiger partial charge in [-0.05, 0) is 43.0 Å². The maximum Gasteiger partial charge on any atom is 0.320 e. The zero-order chi connectivity index (χ0) is 11.5. The van der Waals surface area contributed by atoms with Crippen molar-refractivity contribution in [3.8, 4) is 0 Å². The first-order chi connectivity index (χ1) is 7.65. The van der Waals surface area contributed by atoms with Gasteiger partial charge in [-0.25, -0.2) is 0 Å². The van der Waals surface area contributed by atoms with Gasteiger partial charge in [-0.15, -0.1) is 0 Å². The molecule has 1 aromatic rings. The SMILES string of the molecule is O=C(O)[C@@H]1CC(Cc2cccc(Br)c2)CN1. The third-order valence-corrected chi connectivity index (χ3v) is 3.43. The van der Waals surface area contributed by atoms with E-state index in [1.807, 2.05) is 12.1 Å². The molecule has 1 fully saturated rings. The summed E-state index contributed by atoms with van der Waals surface area (Å²) in [5.41, 5.74) is 1.26. The molecule has 0 amide bonds. The summed E-state index contributed by atoms with van der Waals surface area (Å²) in [6, 6.07) is 7.82. The molecule has 86 valence electrons. The van der Waals surface area contributed by atoms with Gasteiger partial charge in [0.1, 0.15) is 6.04 Å². The van der Waals surface area contributed by atoms with Crippen molar-refractivity contribution in [2.75, 3.05) is 6.54 Å². The highest BCUT2D eigenvalue weighted by molar-refractivity contribution is 9.10. The van der Waals surface area contributed by atoms with Crippen LogP contribution in [0.3, 0.4) is 0 Å². The molecule has 0 aliphatic carbocycles. The highest BCUT2D eigenvalue weighted by atomic mass is 79.9. The van der Waals surface area contributed by atoms with Gasteiger partial charge >= 0.3 is 5.97 Å². The Kier molecular flexibility index (Phi) is 3.61. The van der Waals surface area contributed by atoms with Gasteiger partial charge in [0.05, 0.1) is 0 Å². The molecule has 1 aliphatic heterocycles. The second-order valence-electron chi connectivity index (χ2n) is 4.23. The van der Waals surface area contributed by atoms with Gasteiger partial charge in [0.25, 0.3) is 0 Å². The van der Waals surface area contributed by atoms with Gasteiger partial charge in [0, 0.05) is 4.47 Å². The van der Waals surface area contributed by atoms with E-state index in [1.54, 1.807) is 0 Å². The molecule has 3 nitrogen and oxygen atoms in total. The van der Waals surface area contributed by atoms with Gasteiger partial charge in [0.15, 0.2) is 0 Å². The van der Waals surface area contributed by atoms with Gasteiger partial charge in [-0.3, -0.25) is 4.79 Å². The lowest BCUT2D eigenvalue weighted by Crippen LogP contribution is -2.29. The van der Waals surface area contributed by atoms with E-state index < -0.39 is 5.97 Å². The third kappa shape index (κ3) is 2.83. The number of carbonyl (C=O) groups is 1. The maximum absolute atomic E-state index is 10.8. The molecule has 1 heterocycles. The van der Waals surface area contributed by atoms with Gasteiger partial charge in [-0.2, -0.15) is 0 Å². The van der Waals surface area contributed by atoms with Crippen LogP contribution in [0.5, 0.6) is 0 Å². The fourth-order valence-electron chi connectivity index (χ4n) is 2.15. The molecule has 0 spiro atoms. The van der Waals surface area contributed by atoms with Crippen molar-refractivity contribution in [3.05, 3.63) is 34.3 Å². The van der Waals surface area contributed by atoms with Gasteiger partial charge in [0.2, 0.25) is 0 Å². The first-order valence-corrected chi connectivity index (χ1v) is 6.15. The molecule has 1 unspecified atom stereocenters. The fraction of sp³-hybridized carbons (Fsp3) is 0.417. The molecule has 2 rings (SSSR count). The van der Waals surface area contributed by atoms with Crippen molar-refractivity contribution in [3.63, 3.8) is 0 Å². The molecular formula is C12H14BrNO2. The average Bonchev–Trinajstić information content (AvgIpc) is 2.66. The zero-order valence-electron chi connectivity index (χ0n) is 8.82. The van der Waals surface area contributed by atoms with Crippen LogP contribution in [-0.4, -0.2) is 23.7 Å². The van der Waals surface area contributed by atoms with Crippen molar-refractivity contribution < 1.29 is 9.90 Å². The normalized spacial score (nSPS) is 24.6. The molecular weight excluding hydrogens is 270 g/mol. The Labute approximate surface area is 103 Å². The minimum absolute atomic E-state index is 0.364. The van der Waals surface area contributed by atoms with Gasteiger partial charge < -0.3 is 10.4 Å². The largest absolute Gasteiger partial charge is 0.480 e. The number of carboxylic acid groups (broad SMARTS) is 1. The maximum atomic E-state index is 10.8. The minimum Gasteiger partial charge on any atom is -0.480 e. The summed E-state index contributed by atoms with van der Waals surface area (Å²) in [7, 11) is 0. The lowest BCUT2D eigenvalue weighted by molar-refractivity contribution is -0.139. The van der Waals surface area contributed by atoms with Crippen LogP contribution in [0.1, 0.15) is 12.0 Å². The number of hydrogen-bond donors (Lipinski definition) is 2. The third-order valence-electron chi connectivity index (χ3n) is 2.93. The van der Waals surface area contributed by atoms with Crippen LogP contribution in [0.2, 0.25) is 0 Å². The number of aliphatic carboxylic acids is 1. The molecule has 0 bridgehead atoms. The summed E-state index contributed by atoms with van der Waals surface area (Å²) in [5, 5.41) is 11.9. The molecule has 0 saturated carbocycles. The summed E-state index contributed by atoms with van der Waals surface area (Å²) < 4.78 is 1.07. The van der Waals surface area contributed by atoms with Gasteiger partial charge in [-0.1, -0.05) is 28.1 Å². The first-order valence-electron chi connectivity index (χ1n) is 5.36. The van der Waals surface area contributed by atoms with Crippen molar-refractivity contribution in [2.24, 2.45) is 5.92 Å². The predicted molar refractivity (Wildman–Crippen MR) is 65.4 cm³/mol. The van der Waals surface area contributed by atoms with Crippen molar-refractivity contribution in [1.82, 2.24) is 5.32 Å². The topological polar surface area (TPSA) is 49.3 Å². The Balaban J connectivity index is 1.94. The summed E-state index contributed by atoms with van der Waals surface area (Å²) in [6.07, 6.45) is 1.66. The molecule has 2 N–H and O–H groups in total. The quantitative estimate of drug-likeness (QED) is 0.893. The molecule has 0 radical (unpaired) electrons. The number of hydrogen-bond acceptors (Lipinski definition) is 2. The zero-order valence-corrected chi connectivity index (χ0v) is 10.4. The minimum atomic E-state index is -0.739. The summed E-state index contributed by atoms with van der Waals surface area (Å²) >= 11 is 3.44. The number of rotatable bonds is 3. The van der Waals surface area contributed by atoms with Crippen LogP contribution >= 0.6 is 15.9 Å². The van der Waals surface area contributed by atoms with E-state index in [0.29, 0.717) is 5.92 Å². The van der Waals surface area contributed by atoms with Crippen LogP contribution in [0.4, 0.5) is 0 Å². The Bertz CT molecular complexity index is 394. The Morgan fingerprint density at radius 2 is 2.38 bits per heavy atom. The van der Waals surface area contributed by atoms with E-state index in [1.165, 1.54) is 5.56 Å². The Morgan fingerprint density at radius 1 is 1.56 bits per heavy atom. The van der Waals surface area contributed by atoms with Crippen molar-refractivity contribution >= 4 is 21.9 Å². The number of halogens is 1. The first kappa shape index (κ1) is 11.6. The standard InChI is InChI=1S/C12H14BrNO2/c13-10-3-1-2-8(5-10)4-9-6-11(12(15)16)14-7-9/h1-3,5,9,11,14H,4,6-7H2,(H,15,16)/t9?,11-/m0/s1. The smallest absolute Gasteiger partial charge is 0.320 e. The van der Waals surface area contributed by atoms with Crippen LogP contribution in [0.25, 0.3) is 0 Å². The van der Waals surface area contributed by atoms with E-state index in [4.69, 9.17) is 5.11 Å². The molecule has 2 atom stereocenters. The average molecular weight is 284 g/mol. The molecule has 1 aromatic carbocycles. The van der Waals surface area contributed by atoms with E-state index in [-0.39, 0.29) is 6.04 Å². The lowest BCUT2D eigenvalue weighted by Gasteiger charge is -2.08. The number of benzene rings is 1. The second-order valence-corrected chi connectivity index (χ2v) is 5.15. The van der Waals surface area contributed by atoms with Crippen LogP contribution in [0.15, 0.2) is 28.7 Å². The highest BCUT2D eigenvalue weighted by Crippen LogP contribution is 2.21. The van der Waals surface area contributed by atoms with E-state index in [2.05, 4.69) is 33.4 Å². The molecule has 1 aliphatic rings. The van der Waals surface area contributed by atoms with Crippen molar-refractivity contribution in [2.45, 2.75) is 18.9 Å². The van der Waals surface area contributed by atoms with E-state index >= 15 is 0 Å². The summed E-state index contributed by atoms with van der Waals surface area (Å²) in [4.78, 5) is 10.8. The van der Waals surface area contributed by atoms with Crippen LogP contribution in [0, 0.1) is 5.92 Å². The molecule has 16 heavy (non-hydrogen) atoms. The van der Waals surface area contributed by atoms with Crippen LogP contribution in [-0.2, 0) is 11.2 Å². The fourth-order valence-corrected chi connectivity index (χ4v) is 2.60. The monoisotopic (exact) mass is 283 g/mol. The lowest BCUT2D eigenvalue weighted by atomic mass is 9.97. The van der Waals surface area contributed by atoms with E-state index in [9.17, 15) is 4.79 Å². The predicted octanol–water partition coefficient (Wildman–Crippen LogP) is 2.05. The van der Waals surface area contributed by atoms with E-state index in [0.717, 1.165) is 23.9 Å². The highest BCUT2D eigenvalue weighted by Gasteiger charge is 2.28. The number of carboxylic acids is 1. The summed E-state index contributed by atoms with van der Waals surface area (Å²) in [6.45, 7) is 0.795. The second kappa shape index (κ2) is 4.97. The van der Waals surface area contributed by atoms with Crippen molar-refractivity contribution in [1.29, 1.82) is 0 Å².